The smallest absolute Gasteiger partial charge is 0.243 e. The molecule has 0 radical (unpaired) electrons. The molecular weight excluding hydrogens is 974 g/mol. The monoisotopic (exact) mass is 1050 g/mol. The first kappa shape index (κ1) is 59.6. The van der Waals surface area contributed by atoms with Crippen molar-refractivity contribution in [1.29, 1.82) is 0 Å². The van der Waals surface area contributed by atoms with Crippen molar-refractivity contribution in [3.05, 3.63) is 71.7 Å². The summed E-state index contributed by atoms with van der Waals surface area (Å²) in [5, 5.41) is 16.6. The number of nitrogens with two attached hydrogens (primary N) is 6. The number of carbonyl (C=O) groups is 9. The number of Topliss-reactive ketones (excluding diaryl/α,β-unsaturated/α-hetero) is 2. The van der Waals surface area contributed by atoms with Gasteiger partial charge in [0, 0.05) is 74.8 Å². The van der Waals surface area contributed by atoms with Gasteiger partial charge in [-0.15, -0.1) is 0 Å². The number of benzene rings is 2. The number of nitrogens with one attached hydrogen (secondary N) is 7. The maximum Gasteiger partial charge on any atom is 0.243 e. The molecule has 4 rings (SSSR count). The number of halogens is 1. The van der Waals surface area contributed by atoms with Crippen LogP contribution in [0, 0.1) is 17.7 Å². The molecule has 1 saturated heterocycles. The number of aromatic amines is 1. The lowest BCUT2D eigenvalue weighted by atomic mass is 9.83. The van der Waals surface area contributed by atoms with Crippen LogP contribution in [0.15, 0.2) is 64.7 Å². The highest BCUT2D eigenvalue weighted by molar-refractivity contribution is 5.98. The van der Waals surface area contributed by atoms with Crippen LogP contribution in [0.4, 0.5) is 4.39 Å². The zero-order valence-electron chi connectivity index (χ0n) is 42.2. The normalized spacial score (nSPS) is 21.3. The Balaban J connectivity index is 1.77. The second-order valence-corrected chi connectivity index (χ2v) is 18.5. The van der Waals surface area contributed by atoms with Gasteiger partial charge in [0.05, 0.1) is 6.04 Å². The number of aromatic nitrogens is 1. The lowest BCUT2D eigenvalue weighted by Crippen LogP contribution is -2.58. The molecule has 75 heavy (non-hydrogen) atoms. The molecule has 1 aliphatic heterocycles. The molecule has 0 spiro atoms. The molecule has 2 aromatic carbocycles. The maximum absolute atomic E-state index is 14.7. The third-order valence-electron chi connectivity index (χ3n) is 12.6. The molecule has 24 nitrogen and oxygen atoms in total. The lowest BCUT2D eigenvalue weighted by molar-refractivity contribution is -0.135. The van der Waals surface area contributed by atoms with E-state index in [1.54, 1.807) is 6.20 Å². The van der Waals surface area contributed by atoms with Crippen molar-refractivity contribution in [2.75, 3.05) is 26.2 Å². The van der Waals surface area contributed by atoms with E-state index in [9.17, 15) is 47.5 Å². The SMILES string of the molecule is CC(=O)N[C@@H](CCCN=C(N)N)C(=O)N[C@H]1CCC(=O)NCCC[C@@H](C(N)=O)NC(=O)[C@H](Cc2c[nH]c3ccccc23)CC(=O)[C@H](CCCN=C(N)N)CC(=O)[C@@H](Cc2cccc(F)c2)NC(=O)[C@H](CCN)NC1=O. The molecule has 0 saturated carbocycles. The molecule has 0 bridgehead atoms. The largest absolute Gasteiger partial charge is 0.370 e. The third kappa shape index (κ3) is 20.5. The van der Waals surface area contributed by atoms with Gasteiger partial charge in [0.25, 0.3) is 0 Å². The highest BCUT2D eigenvalue weighted by atomic mass is 19.1. The van der Waals surface area contributed by atoms with Crippen molar-refractivity contribution in [2.24, 2.45) is 56.2 Å². The molecule has 1 aromatic heterocycles. The summed E-state index contributed by atoms with van der Waals surface area (Å²) in [6.45, 7) is 1.22. The average Bonchev–Trinajstić information content (AvgIpc) is 3.76. The molecule has 2 heterocycles. The molecule has 3 aromatic rings. The average molecular weight is 1050 g/mol. The first-order chi connectivity index (χ1) is 35.7. The summed E-state index contributed by atoms with van der Waals surface area (Å²) < 4.78 is 14.6. The minimum absolute atomic E-state index is 0.00947. The second kappa shape index (κ2) is 30.3. The van der Waals surface area contributed by atoms with E-state index in [1.807, 2.05) is 24.3 Å². The number of rotatable bonds is 18. The topological polar surface area (TPSA) is 422 Å². The molecule has 0 aliphatic carbocycles. The summed E-state index contributed by atoms with van der Waals surface area (Å²) in [7, 11) is 0. The van der Waals surface area contributed by atoms with Crippen molar-refractivity contribution in [2.45, 2.75) is 121 Å². The van der Waals surface area contributed by atoms with Gasteiger partial charge in [-0.1, -0.05) is 30.3 Å². The van der Waals surface area contributed by atoms with E-state index >= 15 is 0 Å². The second-order valence-electron chi connectivity index (χ2n) is 18.5. The predicted octanol–water partition coefficient (Wildman–Crippen LogP) is -1.68. The van der Waals surface area contributed by atoms with Crippen molar-refractivity contribution in [3.63, 3.8) is 0 Å². The Kier molecular flexibility index (Phi) is 24.1. The summed E-state index contributed by atoms with van der Waals surface area (Å²) in [4.78, 5) is 135. The van der Waals surface area contributed by atoms with Crippen LogP contribution in [0.5, 0.6) is 0 Å². The van der Waals surface area contributed by atoms with Crippen LogP contribution in [0.2, 0.25) is 0 Å². The summed E-state index contributed by atoms with van der Waals surface area (Å²) in [5.41, 5.74) is 35.5. The van der Waals surface area contributed by atoms with Crippen LogP contribution in [0.1, 0.15) is 88.7 Å². The first-order valence-electron chi connectivity index (χ1n) is 24.9. The van der Waals surface area contributed by atoms with Crippen LogP contribution in [0.25, 0.3) is 10.9 Å². The molecule has 7 amide bonds. The van der Waals surface area contributed by atoms with Gasteiger partial charge in [-0.3, -0.25) is 53.1 Å². The van der Waals surface area contributed by atoms with E-state index in [0.29, 0.717) is 11.1 Å². The number of ketones is 2. The van der Waals surface area contributed by atoms with E-state index in [0.717, 1.165) is 10.9 Å². The van der Waals surface area contributed by atoms with Crippen molar-refractivity contribution in [1.82, 2.24) is 36.9 Å². The van der Waals surface area contributed by atoms with E-state index in [2.05, 4.69) is 46.9 Å². The van der Waals surface area contributed by atoms with Crippen molar-refractivity contribution >= 4 is 75.7 Å². The Morgan fingerprint density at radius 3 is 2.15 bits per heavy atom. The van der Waals surface area contributed by atoms with Crippen LogP contribution < -0.4 is 66.3 Å². The van der Waals surface area contributed by atoms with Gasteiger partial charge in [-0.2, -0.15) is 0 Å². The van der Waals surface area contributed by atoms with Crippen LogP contribution in [0.3, 0.4) is 0 Å². The van der Waals surface area contributed by atoms with E-state index < -0.39 is 114 Å². The van der Waals surface area contributed by atoms with Gasteiger partial charge in [0.2, 0.25) is 41.4 Å². The maximum atomic E-state index is 14.7. The number of fused-ring (bicyclic) bond motifs is 1. The Hall–Kier alpha value is -7.96. The van der Waals surface area contributed by atoms with E-state index in [-0.39, 0.29) is 109 Å². The van der Waals surface area contributed by atoms with Gasteiger partial charge in [0.15, 0.2) is 17.7 Å². The number of primary amides is 1. The number of hydrogen-bond acceptors (Lipinski definition) is 12. The number of hydrogen-bond donors (Lipinski definition) is 13. The van der Waals surface area contributed by atoms with Gasteiger partial charge in [-0.05, 0) is 100 Å². The molecular formula is C50H72FN15O9. The zero-order chi connectivity index (χ0) is 55.0. The number of H-pyrrole nitrogens is 1. The highest BCUT2D eigenvalue weighted by Crippen LogP contribution is 2.26. The standard InChI is InChI=1S/C50H72FN15O9/c1-28(67)62-37(14-7-21-60-50(56)57)46(73)64-38-15-16-43(70)58-19-6-13-36(44(53)71)63-45(72)31(24-32-27-61-35-12-3-2-11-34(32)35)26-41(68)30(9-5-20-59-49(54)55)25-42(69)40(23-29-8-4-10-33(51)22-29)66-48(75)39(17-18-52)65-47(38)74/h2-4,8,10-12,22,27,30-31,36-40,61H,5-7,9,13-21,23-26,52H2,1H3,(H2,53,71)(H,58,70)(H,62,67)(H,63,72)(H,64,73)(H,65,74)(H,66,75)(H4,54,55,59)(H4,56,57,60)/t30-,31-,36+,37+,38+,39+,40-/m1/s1. The van der Waals surface area contributed by atoms with Gasteiger partial charge in [-0.25, -0.2) is 4.39 Å². The quantitative estimate of drug-likeness (QED) is 0.0385. The molecule has 1 fully saturated rings. The highest BCUT2D eigenvalue weighted by Gasteiger charge is 2.35. The summed E-state index contributed by atoms with van der Waals surface area (Å²) in [6, 6.07) is 5.89. The minimum Gasteiger partial charge on any atom is -0.370 e. The lowest BCUT2D eigenvalue weighted by Gasteiger charge is -2.27. The molecule has 7 atom stereocenters. The number of nitrogens with zero attached hydrogens (tertiary/aromatic N) is 2. The van der Waals surface area contributed by atoms with Crippen LogP contribution >= 0.6 is 0 Å². The predicted molar refractivity (Wildman–Crippen MR) is 278 cm³/mol. The van der Waals surface area contributed by atoms with E-state index in [4.69, 9.17) is 34.4 Å². The van der Waals surface area contributed by atoms with Gasteiger partial charge < -0.3 is 71.3 Å². The number of carbonyl (C=O) groups excluding carboxylic acids is 9. The fraction of sp³-hybridized carbons (Fsp3) is 0.500. The molecule has 1 aliphatic rings. The van der Waals surface area contributed by atoms with Crippen LogP contribution in [-0.4, -0.2) is 126 Å². The number of aliphatic imine (C=N–C) groups is 2. The van der Waals surface area contributed by atoms with Crippen molar-refractivity contribution in [3.8, 4) is 0 Å². The summed E-state index contributed by atoms with van der Waals surface area (Å²) in [5.74, 6) is -9.65. The van der Waals surface area contributed by atoms with E-state index in [1.165, 1.54) is 31.2 Å². The third-order valence-corrected chi connectivity index (χ3v) is 12.6. The molecule has 408 valence electrons. The minimum atomic E-state index is -1.49. The number of guanidine groups is 2. The fourth-order valence-corrected chi connectivity index (χ4v) is 8.70. The van der Waals surface area contributed by atoms with Gasteiger partial charge in [0.1, 0.15) is 35.8 Å². The number of amides is 7. The molecule has 19 N–H and O–H groups in total. The molecule has 25 heteroatoms. The first-order valence-corrected chi connectivity index (χ1v) is 24.9. The fourth-order valence-electron chi connectivity index (χ4n) is 8.70. The Morgan fingerprint density at radius 1 is 0.773 bits per heavy atom. The Labute approximate surface area is 433 Å². The van der Waals surface area contributed by atoms with Crippen LogP contribution in [-0.2, 0) is 56.0 Å². The van der Waals surface area contributed by atoms with Gasteiger partial charge >= 0.3 is 0 Å². The Morgan fingerprint density at radius 2 is 1.47 bits per heavy atom. The summed E-state index contributed by atoms with van der Waals surface area (Å²) in [6.07, 6.45) is 0.406. The summed E-state index contributed by atoms with van der Waals surface area (Å²) >= 11 is 0. The number of para-hydroxylation sites is 1. The zero-order valence-corrected chi connectivity index (χ0v) is 42.2. The molecule has 0 unspecified atom stereocenters. The Bertz CT molecular complexity index is 2550. The van der Waals surface area contributed by atoms with Crippen molar-refractivity contribution < 1.29 is 47.5 Å².